The summed E-state index contributed by atoms with van der Waals surface area (Å²) in [5.41, 5.74) is 3.83. The molecule has 12 heteroatoms. The number of amides is 2. The van der Waals surface area contributed by atoms with Crippen LogP contribution in [0.4, 0.5) is 13.2 Å². The number of alkyl halides is 3. The van der Waals surface area contributed by atoms with E-state index in [1.807, 2.05) is 0 Å². The van der Waals surface area contributed by atoms with Crippen LogP contribution in [0.5, 0.6) is 11.5 Å². The van der Waals surface area contributed by atoms with Crippen molar-refractivity contribution in [3.05, 3.63) is 59.4 Å². The monoisotopic (exact) mass is 467 g/mol. The van der Waals surface area contributed by atoms with Crippen LogP contribution >= 0.6 is 12.2 Å². The summed E-state index contributed by atoms with van der Waals surface area (Å²) in [6.07, 6.45) is -4.52. The highest BCUT2D eigenvalue weighted by atomic mass is 32.1. The predicted octanol–water partition coefficient (Wildman–Crippen LogP) is 3.42. The van der Waals surface area contributed by atoms with Gasteiger partial charge in [-0.25, -0.2) is 0 Å². The summed E-state index contributed by atoms with van der Waals surface area (Å²) in [7, 11) is 2.76. The third-order valence-corrected chi connectivity index (χ3v) is 4.44. The van der Waals surface area contributed by atoms with Crippen LogP contribution in [0.15, 0.2) is 46.9 Å². The van der Waals surface area contributed by atoms with Crippen molar-refractivity contribution >= 4 is 40.1 Å². The van der Waals surface area contributed by atoms with Gasteiger partial charge in [0.25, 0.3) is 5.91 Å². The Hall–Kier alpha value is -3.80. The van der Waals surface area contributed by atoms with Crippen molar-refractivity contribution in [3.8, 4) is 11.5 Å². The smallest absolute Gasteiger partial charge is 0.416 e. The van der Waals surface area contributed by atoms with Gasteiger partial charge in [0, 0.05) is 5.39 Å². The average molecular weight is 467 g/mol. The number of thiocarbonyl (C=S) groups is 1. The van der Waals surface area contributed by atoms with Crippen LogP contribution < -0.4 is 25.6 Å². The fourth-order valence-corrected chi connectivity index (χ4v) is 2.92. The fourth-order valence-electron chi connectivity index (χ4n) is 2.78. The molecule has 0 atom stereocenters. The van der Waals surface area contributed by atoms with Crippen molar-refractivity contribution in [2.45, 2.75) is 6.18 Å². The van der Waals surface area contributed by atoms with Crippen LogP contribution in [-0.4, -0.2) is 31.1 Å². The van der Waals surface area contributed by atoms with Gasteiger partial charge in [0.2, 0.25) is 0 Å². The lowest BCUT2D eigenvalue weighted by molar-refractivity contribution is -0.137. The highest BCUT2D eigenvalue weighted by Crippen LogP contribution is 2.32. The van der Waals surface area contributed by atoms with E-state index in [-0.39, 0.29) is 38.9 Å². The number of carbonyl (C=O) groups is 2. The van der Waals surface area contributed by atoms with E-state index in [1.54, 1.807) is 18.2 Å². The summed E-state index contributed by atoms with van der Waals surface area (Å²) < 4.78 is 54.0. The Morgan fingerprint density at radius 3 is 2.22 bits per heavy atom. The highest BCUT2D eigenvalue weighted by Gasteiger charge is 2.31. The van der Waals surface area contributed by atoms with E-state index in [2.05, 4.69) is 16.2 Å². The Morgan fingerprint density at radius 2 is 1.62 bits per heavy atom. The number of benzene rings is 2. The number of halogens is 3. The van der Waals surface area contributed by atoms with E-state index in [9.17, 15) is 22.8 Å². The summed E-state index contributed by atoms with van der Waals surface area (Å²) >= 11 is 4.98. The Bertz CT molecular complexity index is 1170. The molecule has 0 aliphatic heterocycles. The van der Waals surface area contributed by atoms with Gasteiger partial charge >= 0.3 is 12.1 Å². The van der Waals surface area contributed by atoms with Crippen molar-refractivity contribution in [2.75, 3.05) is 14.2 Å². The first kappa shape index (κ1) is 22.9. The number of nitrogens with one attached hydrogen (secondary N) is 3. The number of hydrazine groups is 1. The number of ether oxygens (including phenoxy) is 2. The van der Waals surface area contributed by atoms with E-state index in [0.717, 1.165) is 24.3 Å². The van der Waals surface area contributed by atoms with Gasteiger partial charge in [0.1, 0.15) is 22.6 Å². The third-order valence-electron chi connectivity index (χ3n) is 4.24. The van der Waals surface area contributed by atoms with Crippen molar-refractivity contribution in [3.63, 3.8) is 0 Å². The number of hydrogen-bond donors (Lipinski definition) is 3. The number of fused-ring (bicyclic) bond motifs is 1. The van der Waals surface area contributed by atoms with E-state index < -0.39 is 23.6 Å². The second kappa shape index (κ2) is 9.14. The Labute approximate surface area is 184 Å². The molecule has 168 valence electrons. The number of hydrogen-bond acceptors (Lipinski definition) is 6. The Kier molecular flexibility index (Phi) is 6.53. The number of furan rings is 1. The van der Waals surface area contributed by atoms with E-state index in [1.165, 1.54) is 14.2 Å². The maximum atomic E-state index is 12.8. The molecule has 3 aromatic rings. The van der Waals surface area contributed by atoms with Gasteiger partial charge in [-0.05, 0) is 48.6 Å². The number of rotatable bonds is 4. The van der Waals surface area contributed by atoms with E-state index in [4.69, 9.17) is 26.1 Å². The largest absolute Gasteiger partial charge is 0.496 e. The van der Waals surface area contributed by atoms with Gasteiger partial charge in [-0.1, -0.05) is 6.07 Å². The maximum Gasteiger partial charge on any atom is 0.416 e. The zero-order valence-electron chi connectivity index (χ0n) is 16.6. The minimum absolute atomic E-state index is 0.0886. The molecule has 3 N–H and O–H groups in total. The zero-order valence-corrected chi connectivity index (χ0v) is 17.4. The van der Waals surface area contributed by atoms with Gasteiger partial charge in [0.05, 0.1) is 19.8 Å². The molecule has 32 heavy (non-hydrogen) atoms. The summed E-state index contributed by atoms with van der Waals surface area (Å²) in [5.74, 6) is -1.24. The van der Waals surface area contributed by atoms with E-state index in [0.29, 0.717) is 0 Å². The van der Waals surface area contributed by atoms with E-state index >= 15 is 0 Å². The number of carbonyl (C=O) groups excluding carboxylic acids is 2. The van der Waals surface area contributed by atoms with Crippen LogP contribution in [0.3, 0.4) is 0 Å². The minimum Gasteiger partial charge on any atom is -0.496 e. The molecule has 2 amide bonds. The molecular weight excluding hydrogens is 451 g/mol. The van der Waals surface area contributed by atoms with Crippen molar-refractivity contribution in [2.24, 2.45) is 0 Å². The quantitative estimate of drug-likeness (QED) is 0.399. The first-order valence-electron chi connectivity index (χ1n) is 8.87. The average Bonchev–Trinajstić information content (AvgIpc) is 3.19. The molecule has 0 unspecified atom stereocenters. The predicted molar refractivity (Wildman–Crippen MR) is 111 cm³/mol. The lowest BCUT2D eigenvalue weighted by Crippen LogP contribution is -2.48. The molecule has 0 aliphatic carbocycles. The lowest BCUT2D eigenvalue weighted by atomic mass is 10.1. The SMILES string of the molecule is COc1cccc(OC)c1C(=O)NC(=S)NNC(=O)c1cc2cc(C(F)(F)F)ccc2o1. The van der Waals surface area contributed by atoms with Crippen molar-refractivity contribution < 1.29 is 36.7 Å². The molecule has 0 fully saturated rings. The summed E-state index contributed by atoms with van der Waals surface area (Å²) in [5, 5.41) is 2.20. The zero-order chi connectivity index (χ0) is 23.5. The second-order valence-electron chi connectivity index (χ2n) is 6.26. The molecule has 8 nitrogen and oxygen atoms in total. The molecule has 1 aromatic heterocycles. The fraction of sp³-hybridized carbons (Fsp3) is 0.150. The molecule has 2 aromatic carbocycles. The molecule has 0 spiro atoms. The molecule has 0 saturated carbocycles. The van der Waals surface area contributed by atoms with Gasteiger partial charge in [-0.3, -0.25) is 25.8 Å². The molecule has 0 bridgehead atoms. The van der Waals surface area contributed by atoms with Crippen LogP contribution in [0.1, 0.15) is 26.5 Å². The first-order valence-corrected chi connectivity index (χ1v) is 9.28. The molecule has 3 rings (SSSR count). The van der Waals surface area contributed by atoms with Crippen LogP contribution in [-0.2, 0) is 6.18 Å². The molecule has 0 aliphatic rings. The van der Waals surface area contributed by atoms with Gasteiger partial charge in [-0.2, -0.15) is 13.2 Å². The van der Waals surface area contributed by atoms with Gasteiger partial charge in [0.15, 0.2) is 10.9 Å². The summed E-state index contributed by atoms with van der Waals surface area (Å²) in [6, 6.07) is 8.74. The standard InChI is InChI=1S/C20H16F3N3O5S/c1-29-13-4-3-5-14(30-2)16(13)18(28)24-19(32)26-25-17(27)15-9-10-8-11(20(21,22)23)6-7-12(10)31-15/h3-9H,1-2H3,(H,25,27)(H2,24,26,28,32). The maximum absolute atomic E-state index is 12.8. The van der Waals surface area contributed by atoms with Crippen molar-refractivity contribution in [1.29, 1.82) is 0 Å². The summed E-state index contributed by atoms with van der Waals surface area (Å²) in [4.78, 5) is 24.8. The second-order valence-corrected chi connectivity index (χ2v) is 6.67. The summed E-state index contributed by atoms with van der Waals surface area (Å²) in [6.45, 7) is 0. The van der Waals surface area contributed by atoms with Crippen molar-refractivity contribution in [1.82, 2.24) is 16.2 Å². The molecule has 0 radical (unpaired) electrons. The number of methoxy groups -OCH3 is 2. The Balaban J connectivity index is 1.65. The molecular formula is C20H16F3N3O5S. The minimum atomic E-state index is -4.52. The van der Waals surface area contributed by atoms with Gasteiger partial charge < -0.3 is 13.9 Å². The Morgan fingerprint density at radius 1 is 0.969 bits per heavy atom. The topological polar surface area (TPSA) is 102 Å². The highest BCUT2D eigenvalue weighted by molar-refractivity contribution is 7.80. The first-order chi connectivity index (χ1) is 15.1. The lowest BCUT2D eigenvalue weighted by Gasteiger charge is -2.14. The van der Waals surface area contributed by atoms with Crippen LogP contribution in [0.25, 0.3) is 11.0 Å². The van der Waals surface area contributed by atoms with Crippen LogP contribution in [0, 0.1) is 0 Å². The van der Waals surface area contributed by atoms with Crippen LogP contribution in [0.2, 0.25) is 0 Å². The third kappa shape index (κ3) is 4.91. The molecule has 0 saturated heterocycles. The van der Waals surface area contributed by atoms with Gasteiger partial charge in [-0.15, -0.1) is 0 Å². The molecule has 1 heterocycles. The normalized spacial score (nSPS) is 11.0.